The first-order valence-electron chi connectivity index (χ1n) is 17.7. The van der Waals surface area contributed by atoms with Crippen molar-refractivity contribution in [3.63, 3.8) is 0 Å². The van der Waals surface area contributed by atoms with Gasteiger partial charge in [-0.25, -0.2) is 0 Å². The van der Waals surface area contributed by atoms with Crippen LogP contribution < -0.4 is 0 Å². The largest absolute Gasteiger partial charge is 0.0654 e. The normalized spacial score (nSPS) is 16.8. The van der Waals surface area contributed by atoms with Crippen molar-refractivity contribution in [2.75, 3.05) is 0 Å². The summed E-state index contributed by atoms with van der Waals surface area (Å²) in [6, 6.07) is 35.2. The van der Waals surface area contributed by atoms with Crippen LogP contribution in [0.3, 0.4) is 0 Å². The highest BCUT2D eigenvalue weighted by molar-refractivity contribution is 6.36. The molecule has 4 aromatic carbocycles. The van der Waals surface area contributed by atoms with E-state index in [0.717, 1.165) is 22.4 Å². The predicted octanol–water partition coefficient (Wildman–Crippen LogP) is 12.7. The monoisotopic (exact) mass is 606 g/mol. The van der Waals surface area contributed by atoms with Crippen molar-refractivity contribution in [3.05, 3.63) is 129 Å². The molecule has 2 unspecified atom stereocenters. The van der Waals surface area contributed by atoms with Gasteiger partial charge >= 0.3 is 0 Å². The van der Waals surface area contributed by atoms with Gasteiger partial charge in [-0.1, -0.05) is 161 Å². The minimum Gasteiger partial charge on any atom is -0.0654 e. The Labute approximate surface area is 275 Å². The van der Waals surface area contributed by atoms with E-state index in [4.69, 9.17) is 0 Å². The van der Waals surface area contributed by atoms with Crippen molar-refractivity contribution in [1.82, 2.24) is 0 Å². The Balaban J connectivity index is 1.25. The minimum atomic E-state index is 0.562. The molecule has 0 N–H and O–H groups in total. The van der Waals surface area contributed by atoms with Crippen LogP contribution in [-0.4, -0.2) is 9.52 Å². The Morgan fingerprint density at radius 2 is 0.933 bits per heavy atom. The molecule has 1 heteroatoms. The Kier molecular flexibility index (Phi) is 10.4. The molecule has 0 fully saturated rings. The zero-order valence-corrected chi connectivity index (χ0v) is 29.0. The summed E-state index contributed by atoms with van der Waals surface area (Å²) in [5.74, 6) is 1.12. The third-order valence-electron chi connectivity index (χ3n) is 10.3. The van der Waals surface area contributed by atoms with Crippen LogP contribution in [0.25, 0.3) is 34.4 Å². The van der Waals surface area contributed by atoms with Crippen molar-refractivity contribution in [3.8, 4) is 22.3 Å². The molecule has 0 aromatic heterocycles. The van der Waals surface area contributed by atoms with E-state index in [1.807, 2.05) is 0 Å². The second-order valence-electron chi connectivity index (χ2n) is 13.1. The highest BCUT2D eigenvalue weighted by Gasteiger charge is 2.30. The number of aryl methyl sites for hydroxylation is 2. The summed E-state index contributed by atoms with van der Waals surface area (Å²) in [7, 11) is 0.948. The fraction of sp³-hybridized carbons (Fsp3) is 0.364. The summed E-state index contributed by atoms with van der Waals surface area (Å²) in [6.07, 6.45) is 14.9. The van der Waals surface area contributed by atoms with Gasteiger partial charge < -0.3 is 0 Å². The lowest BCUT2D eigenvalue weighted by Gasteiger charge is -2.21. The minimum absolute atomic E-state index is 0.562. The van der Waals surface area contributed by atoms with Gasteiger partial charge in [-0.15, -0.1) is 0 Å². The maximum absolute atomic E-state index is 2.58. The molecule has 0 saturated carbocycles. The number of fused-ring (bicyclic) bond motifs is 2. The average Bonchev–Trinajstić information content (AvgIpc) is 3.63. The molecule has 45 heavy (non-hydrogen) atoms. The first-order valence-corrected chi connectivity index (χ1v) is 19.1. The molecule has 0 nitrogen and oxygen atoms in total. The van der Waals surface area contributed by atoms with Gasteiger partial charge in [0.05, 0.1) is 0 Å². The molecule has 0 amide bonds. The first kappa shape index (κ1) is 31.6. The first-order chi connectivity index (χ1) is 22.1. The smallest absolute Gasteiger partial charge is 0.0397 e. The number of allylic oxidation sites excluding steroid dienone is 2. The number of hydrogen-bond donors (Lipinski definition) is 0. The standard InChI is InChI=1S/C44H50Si/c1-5-9-13-35-27-41-37(33-23-19-31(7-3)20-24-33)15-11-17-39(41)43(35)29-45-30-44-36(14-10-6-2)28-42-38(16-12-18-40(42)44)34-25-21-32(8-4)22-26-34/h11-12,15-28,43-44H,5-10,13-14,29-30H2,1-4H3. The third-order valence-corrected chi connectivity index (χ3v) is 11.7. The van der Waals surface area contributed by atoms with E-state index in [0.29, 0.717) is 11.8 Å². The predicted molar refractivity (Wildman–Crippen MR) is 198 cm³/mol. The number of rotatable bonds is 14. The second-order valence-corrected chi connectivity index (χ2v) is 14.4. The molecule has 2 atom stereocenters. The van der Waals surface area contributed by atoms with Crippen LogP contribution >= 0.6 is 0 Å². The summed E-state index contributed by atoms with van der Waals surface area (Å²) in [6.45, 7) is 9.13. The summed E-state index contributed by atoms with van der Waals surface area (Å²) in [4.78, 5) is 0. The zero-order valence-electron chi connectivity index (χ0n) is 28.0. The van der Waals surface area contributed by atoms with Gasteiger partial charge in [0, 0.05) is 21.4 Å². The van der Waals surface area contributed by atoms with E-state index in [1.165, 1.54) is 95.1 Å². The van der Waals surface area contributed by atoms with E-state index in [2.05, 4.69) is 125 Å². The lowest BCUT2D eigenvalue weighted by Crippen LogP contribution is -2.08. The fourth-order valence-electron chi connectivity index (χ4n) is 7.52. The molecule has 2 aliphatic rings. The van der Waals surface area contributed by atoms with E-state index < -0.39 is 0 Å². The average molecular weight is 607 g/mol. The van der Waals surface area contributed by atoms with Gasteiger partial charge in [0.2, 0.25) is 0 Å². The van der Waals surface area contributed by atoms with Crippen LogP contribution in [0, 0.1) is 0 Å². The van der Waals surface area contributed by atoms with E-state index >= 15 is 0 Å². The molecule has 2 aliphatic carbocycles. The molecule has 230 valence electrons. The Hall–Kier alpha value is -3.42. The second kappa shape index (κ2) is 14.8. The van der Waals surface area contributed by atoms with Crippen molar-refractivity contribution >= 4 is 21.7 Å². The summed E-state index contributed by atoms with van der Waals surface area (Å²) in [5, 5.41) is 0. The summed E-state index contributed by atoms with van der Waals surface area (Å²) >= 11 is 0. The quantitative estimate of drug-likeness (QED) is 0.125. The van der Waals surface area contributed by atoms with Gasteiger partial charge in [-0.3, -0.25) is 0 Å². The molecule has 2 radical (unpaired) electrons. The van der Waals surface area contributed by atoms with Gasteiger partial charge in [0.25, 0.3) is 0 Å². The molecule has 0 aliphatic heterocycles. The van der Waals surface area contributed by atoms with E-state index in [1.54, 1.807) is 22.3 Å². The molecule has 6 rings (SSSR count). The molecular weight excluding hydrogens is 557 g/mol. The maximum atomic E-state index is 2.58. The van der Waals surface area contributed by atoms with E-state index in [-0.39, 0.29) is 0 Å². The summed E-state index contributed by atoms with van der Waals surface area (Å²) in [5.41, 5.74) is 17.8. The highest BCUT2D eigenvalue weighted by atomic mass is 28.2. The van der Waals surface area contributed by atoms with Crippen molar-refractivity contribution in [2.45, 2.75) is 103 Å². The number of unbranched alkanes of at least 4 members (excludes halogenated alkanes) is 2. The molecule has 0 spiro atoms. The number of hydrogen-bond acceptors (Lipinski definition) is 0. The van der Waals surface area contributed by atoms with Crippen molar-refractivity contribution < 1.29 is 0 Å². The van der Waals surface area contributed by atoms with Crippen LogP contribution in [0.5, 0.6) is 0 Å². The van der Waals surface area contributed by atoms with Crippen LogP contribution in [0.15, 0.2) is 96.1 Å². The maximum Gasteiger partial charge on any atom is 0.0397 e. The van der Waals surface area contributed by atoms with Gasteiger partial charge in [0.15, 0.2) is 0 Å². The highest BCUT2D eigenvalue weighted by Crippen LogP contribution is 2.48. The topological polar surface area (TPSA) is 0 Å². The third kappa shape index (κ3) is 6.75. The zero-order chi connectivity index (χ0) is 31.2. The molecule has 0 bridgehead atoms. The van der Waals surface area contributed by atoms with Crippen molar-refractivity contribution in [2.24, 2.45) is 0 Å². The number of benzene rings is 4. The van der Waals surface area contributed by atoms with Gasteiger partial charge in [0.1, 0.15) is 0 Å². The Bertz CT molecular complexity index is 1530. The fourth-order valence-corrected chi connectivity index (χ4v) is 9.23. The Morgan fingerprint density at radius 1 is 0.511 bits per heavy atom. The molecular formula is C44H50Si. The molecule has 4 aromatic rings. The van der Waals surface area contributed by atoms with Crippen molar-refractivity contribution in [1.29, 1.82) is 0 Å². The molecule has 0 heterocycles. The molecule has 0 saturated heterocycles. The van der Waals surface area contributed by atoms with Crippen LogP contribution in [-0.2, 0) is 12.8 Å². The summed E-state index contributed by atoms with van der Waals surface area (Å²) < 4.78 is 0. The lowest BCUT2D eigenvalue weighted by atomic mass is 9.91. The SMILES string of the molecule is CCCCC1=Cc2c(-c3ccc(CC)cc3)cccc2C1C[Si]CC1C(CCCC)=Cc2c(-c3ccc(CC)cc3)cccc21. The lowest BCUT2D eigenvalue weighted by molar-refractivity contribution is 0.730. The Morgan fingerprint density at radius 3 is 1.31 bits per heavy atom. The van der Waals surface area contributed by atoms with Crippen LogP contribution in [0.2, 0.25) is 12.1 Å². The van der Waals surface area contributed by atoms with E-state index in [9.17, 15) is 0 Å². The van der Waals surface area contributed by atoms with Gasteiger partial charge in [-0.2, -0.15) is 0 Å². The van der Waals surface area contributed by atoms with Gasteiger partial charge in [-0.05, 0) is 94.2 Å². The van der Waals surface area contributed by atoms with Crippen LogP contribution in [0.4, 0.5) is 0 Å². The van der Waals surface area contributed by atoms with Crippen LogP contribution in [0.1, 0.15) is 111 Å².